The van der Waals surface area contributed by atoms with Gasteiger partial charge in [-0.2, -0.15) is 0 Å². The van der Waals surface area contributed by atoms with Gasteiger partial charge in [-0.1, -0.05) is 59.7 Å². The third-order valence-electron chi connectivity index (χ3n) is 2.41. The number of halogens is 4. The van der Waals surface area contributed by atoms with Crippen molar-refractivity contribution in [2.45, 2.75) is 36.2 Å². The average Bonchev–Trinajstić information content (AvgIpc) is 2.37. The molecular weight excluding hydrogens is 344 g/mol. The minimum atomic E-state index is -1.78. The minimum absolute atomic E-state index is 0.225. The van der Waals surface area contributed by atoms with Crippen LogP contribution in [0.3, 0.4) is 0 Å². The quantitative estimate of drug-likeness (QED) is 0.590. The zero-order chi connectivity index (χ0) is 15.2. The molecule has 20 heavy (non-hydrogen) atoms. The van der Waals surface area contributed by atoms with E-state index in [2.05, 4.69) is 5.32 Å². The number of hydrogen-bond acceptors (Lipinski definition) is 2. The number of nitrogens with one attached hydrogen (secondary N) is 1. The lowest BCUT2D eigenvalue weighted by Crippen LogP contribution is -2.47. The molecule has 7 heteroatoms. The Labute approximate surface area is 138 Å². The Morgan fingerprint density at radius 2 is 1.90 bits per heavy atom. The number of benzene rings is 1. The number of ether oxygens (including phenoxy) is 1. The number of carbonyl (C=O) groups is 1. The highest BCUT2D eigenvalue weighted by atomic mass is 35.6. The first-order chi connectivity index (χ1) is 9.32. The van der Waals surface area contributed by atoms with Crippen LogP contribution in [0.2, 0.25) is 5.02 Å². The molecule has 1 atom stereocenters. The Balaban J connectivity index is 2.70. The first-order valence-corrected chi connectivity index (χ1v) is 7.62. The third kappa shape index (κ3) is 6.40. The van der Waals surface area contributed by atoms with Crippen molar-refractivity contribution in [1.29, 1.82) is 0 Å². The summed E-state index contributed by atoms with van der Waals surface area (Å²) in [7, 11) is 0. The molecule has 3 nitrogen and oxygen atoms in total. The highest BCUT2D eigenvalue weighted by Gasteiger charge is 2.36. The fourth-order valence-electron chi connectivity index (χ4n) is 1.38. The lowest BCUT2D eigenvalue weighted by atomic mass is 10.2. The van der Waals surface area contributed by atoms with Crippen molar-refractivity contribution in [3.63, 3.8) is 0 Å². The summed E-state index contributed by atoms with van der Waals surface area (Å²) >= 11 is 23.2. The van der Waals surface area contributed by atoms with E-state index in [4.69, 9.17) is 51.1 Å². The van der Waals surface area contributed by atoms with E-state index in [1.54, 1.807) is 24.3 Å². The van der Waals surface area contributed by atoms with Crippen molar-refractivity contribution in [3.05, 3.63) is 29.3 Å². The van der Waals surface area contributed by atoms with Crippen LogP contribution in [0.5, 0.6) is 5.75 Å². The summed E-state index contributed by atoms with van der Waals surface area (Å²) in [6.07, 6.45) is 0.957. The number of hydrogen-bond donors (Lipinski definition) is 1. The first-order valence-electron chi connectivity index (χ1n) is 6.11. The molecular formula is C13H15Cl4NO2. The van der Waals surface area contributed by atoms with E-state index < -0.39 is 10.0 Å². The predicted octanol–water partition coefficient (Wildman–Crippen LogP) is 4.72. The third-order valence-corrected chi connectivity index (χ3v) is 3.26. The Hall–Kier alpha value is -0.350. The second-order valence-corrected chi connectivity index (χ2v) is 6.97. The van der Waals surface area contributed by atoms with E-state index in [-0.39, 0.29) is 5.91 Å². The SMILES string of the molecule is CCCCC(=O)N[C@H](Oc1ccc(Cl)cc1)C(Cl)(Cl)Cl. The maximum absolute atomic E-state index is 11.7. The molecule has 0 aliphatic carbocycles. The van der Waals surface area contributed by atoms with Gasteiger partial charge in [0.05, 0.1) is 0 Å². The predicted molar refractivity (Wildman–Crippen MR) is 83.8 cm³/mol. The van der Waals surface area contributed by atoms with Crippen LogP contribution in [0.25, 0.3) is 0 Å². The average molecular weight is 359 g/mol. The van der Waals surface area contributed by atoms with E-state index in [1.165, 1.54) is 0 Å². The van der Waals surface area contributed by atoms with Crippen molar-refractivity contribution in [2.24, 2.45) is 0 Å². The Morgan fingerprint density at radius 3 is 2.40 bits per heavy atom. The highest BCUT2D eigenvalue weighted by Crippen LogP contribution is 2.32. The van der Waals surface area contributed by atoms with Gasteiger partial charge in [0.25, 0.3) is 0 Å². The van der Waals surface area contributed by atoms with E-state index in [0.29, 0.717) is 17.2 Å². The molecule has 0 aliphatic heterocycles. The number of unbranched alkanes of at least 4 members (excludes halogenated alkanes) is 1. The molecule has 0 fully saturated rings. The maximum Gasteiger partial charge on any atom is 0.246 e. The number of rotatable bonds is 6. The monoisotopic (exact) mass is 357 g/mol. The Morgan fingerprint density at radius 1 is 1.30 bits per heavy atom. The van der Waals surface area contributed by atoms with Crippen LogP contribution >= 0.6 is 46.4 Å². The van der Waals surface area contributed by atoms with Gasteiger partial charge in [0.15, 0.2) is 0 Å². The second kappa shape index (κ2) is 8.18. The van der Waals surface area contributed by atoms with Gasteiger partial charge in [-0.3, -0.25) is 4.79 Å². The molecule has 1 N–H and O–H groups in total. The standard InChI is InChI=1S/C13H15Cl4NO2/c1-2-3-4-11(19)18-12(13(15,16)17)20-10-7-5-9(14)6-8-10/h5-8,12H,2-4H2,1H3,(H,18,19)/t12-/m1/s1. The molecule has 0 bridgehead atoms. The Kier molecular flexibility index (Phi) is 7.24. The zero-order valence-corrected chi connectivity index (χ0v) is 13.9. The normalized spacial score (nSPS) is 12.8. The van der Waals surface area contributed by atoms with Crippen LogP contribution in [-0.4, -0.2) is 15.9 Å². The van der Waals surface area contributed by atoms with Crippen LogP contribution in [0, 0.1) is 0 Å². The van der Waals surface area contributed by atoms with Crippen molar-refractivity contribution in [3.8, 4) is 5.75 Å². The van der Waals surface area contributed by atoms with Gasteiger partial charge in [0.1, 0.15) is 5.75 Å². The van der Waals surface area contributed by atoms with Gasteiger partial charge in [0.2, 0.25) is 15.9 Å². The smallest absolute Gasteiger partial charge is 0.246 e. The summed E-state index contributed by atoms with van der Waals surface area (Å²) in [5, 5.41) is 3.13. The molecule has 0 aliphatic rings. The summed E-state index contributed by atoms with van der Waals surface area (Å²) in [5.74, 6) is 0.221. The summed E-state index contributed by atoms with van der Waals surface area (Å²) in [6.45, 7) is 1.99. The van der Waals surface area contributed by atoms with Crippen LogP contribution in [0.1, 0.15) is 26.2 Å². The van der Waals surface area contributed by atoms with Crippen molar-refractivity contribution < 1.29 is 9.53 Å². The Bertz CT molecular complexity index is 431. The molecule has 0 spiro atoms. The van der Waals surface area contributed by atoms with Gasteiger partial charge in [-0.25, -0.2) is 0 Å². The fourth-order valence-corrected chi connectivity index (χ4v) is 1.81. The van der Waals surface area contributed by atoms with Gasteiger partial charge in [-0.15, -0.1) is 0 Å². The van der Waals surface area contributed by atoms with Crippen molar-refractivity contribution >= 4 is 52.3 Å². The zero-order valence-electron chi connectivity index (χ0n) is 10.8. The number of carbonyl (C=O) groups excluding carboxylic acids is 1. The van der Waals surface area contributed by atoms with Gasteiger partial charge in [0, 0.05) is 11.4 Å². The summed E-state index contributed by atoms with van der Waals surface area (Å²) in [4.78, 5) is 11.7. The van der Waals surface area contributed by atoms with Crippen LogP contribution in [-0.2, 0) is 4.79 Å². The molecule has 0 saturated carbocycles. The molecule has 1 aromatic rings. The maximum atomic E-state index is 11.7. The van der Waals surface area contributed by atoms with E-state index >= 15 is 0 Å². The fraction of sp³-hybridized carbons (Fsp3) is 0.462. The number of alkyl halides is 3. The molecule has 0 unspecified atom stereocenters. The molecule has 0 radical (unpaired) electrons. The van der Waals surface area contributed by atoms with Gasteiger partial charge < -0.3 is 10.1 Å². The van der Waals surface area contributed by atoms with Crippen molar-refractivity contribution in [1.82, 2.24) is 5.32 Å². The van der Waals surface area contributed by atoms with Crippen LogP contribution in [0.15, 0.2) is 24.3 Å². The largest absolute Gasteiger partial charge is 0.466 e. The molecule has 112 valence electrons. The van der Waals surface area contributed by atoms with E-state index in [0.717, 1.165) is 12.8 Å². The number of amides is 1. The molecule has 1 amide bonds. The molecule has 1 aromatic carbocycles. The molecule has 1 rings (SSSR count). The highest BCUT2D eigenvalue weighted by molar-refractivity contribution is 6.68. The molecule has 0 heterocycles. The van der Waals surface area contributed by atoms with Gasteiger partial charge in [-0.05, 0) is 30.7 Å². The summed E-state index contributed by atoms with van der Waals surface area (Å²) in [5.41, 5.74) is 0. The van der Waals surface area contributed by atoms with E-state index in [1.807, 2.05) is 6.92 Å². The summed E-state index contributed by atoms with van der Waals surface area (Å²) < 4.78 is 3.72. The molecule has 0 aromatic heterocycles. The molecule has 0 saturated heterocycles. The topological polar surface area (TPSA) is 38.3 Å². The van der Waals surface area contributed by atoms with Crippen LogP contribution in [0.4, 0.5) is 0 Å². The lowest BCUT2D eigenvalue weighted by molar-refractivity contribution is -0.123. The van der Waals surface area contributed by atoms with Crippen molar-refractivity contribution in [2.75, 3.05) is 0 Å². The van der Waals surface area contributed by atoms with E-state index in [9.17, 15) is 4.79 Å². The minimum Gasteiger partial charge on any atom is -0.466 e. The lowest BCUT2D eigenvalue weighted by Gasteiger charge is -2.26. The second-order valence-electron chi connectivity index (χ2n) is 4.16. The summed E-state index contributed by atoms with van der Waals surface area (Å²) in [6, 6.07) is 6.55. The first kappa shape index (κ1) is 17.7. The van der Waals surface area contributed by atoms with Crippen LogP contribution < -0.4 is 10.1 Å². The van der Waals surface area contributed by atoms with Gasteiger partial charge >= 0.3 is 0 Å².